The summed E-state index contributed by atoms with van der Waals surface area (Å²) in [5, 5.41) is 2.91. The predicted molar refractivity (Wildman–Crippen MR) is 104 cm³/mol. The third-order valence-corrected chi connectivity index (χ3v) is 3.81. The van der Waals surface area contributed by atoms with Gasteiger partial charge in [-0.2, -0.15) is 0 Å². The van der Waals surface area contributed by atoms with Crippen molar-refractivity contribution >= 4 is 40.7 Å². The molecule has 0 aliphatic carbocycles. The largest absolute Gasteiger partial charge is 0.483 e. The van der Waals surface area contributed by atoms with Crippen LogP contribution in [0, 0.1) is 13.8 Å². The van der Waals surface area contributed by atoms with Crippen LogP contribution in [0.15, 0.2) is 42.5 Å². The summed E-state index contributed by atoms with van der Waals surface area (Å²) in [6.07, 6.45) is 0. The summed E-state index contributed by atoms with van der Waals surface area (Å²) < 4.78 is 5.49. The van der Waals surface area contributed by atoms with Gasteiger partial charge in [-0.3, -0.25) is 25.8 Å². The monoisotopic (exact) mass is 391 g/mol. The second kappa shape index (κ2) is 9.17. The lowest BCUT2D eigenvalue weighted by Crippen LogP contribution is -2.49. The van der Waals surface area contributed by atoms with Crippen molar-refractivity contribution in [3.63, 3.8) is 0 Å². The highest BCUT2D eigenvalue weighted by molar-refractivity contribution is 7.80. The van der Waals surface area contributed by atoms with Gasteiger partial charge in [0, 0.05) is 10.6 Å². The first kappa shape index (κ1) is 19.7. The number of aryl methyl sites for hydroxylation is 2. The molecule has 2 amide bonds. The molecule has 0 atom stereocenters. The maximum Gasteiger partial charge on any atom is 0.269 e. The lowest BCUT2D eigenvalue weighted by molar-refractivity contribution is -0.121. The third kappa shape index (κ3) is 6.02. The van der Waals surface area contributed by atoms with Gasteiger partial charge < -0.3 is 4.74 Å². The number of carbonyl (C=O) groups is 2. The van der Waals surface area contributed by atoms with Gasteiger partial charge in [-0.05, 0) is 67.5 Å². The second-order valence-electron chi connectivity index (χ2n) is 5.52. The number of hydrazine groups is 1. The topological polar surface area (TPSA) is 79.5 Å². The van der Waals surface area contributed by atoms with Gasteiger partial charge in [0.15, 0.2) is 11.7 Å². The number of amides is 2. The summed E-state index contributed by atoms with van der Waals surface area (Å²) in [5.74, 6) is -0.218. The minimum Gasteiger partial charge on any atom is -0.483 e. The van der Waals surface area contributed by atoms with E-state index in [1.165, 1.54) is 0 Å². The maximum absolute atomic E-state index is 11.9. The van der Waals surface area contributed by atoms with Crippen molar-refractivity contribution in [1.82, 2.24) is 16.2 Å². The molecule has 0 aromatic heterocycles. The smallest absolute Gasteiger partial charge is 0.269 e. The number of ether oxygens (including phenoxy) is 1. The van der Waals surface area contributed by atoms with E-state index in [0.717, 1.165) is 11.1 Å². The van der Waals surface area contributed by atoms with E-state index in [1.807, 2.05) is 32.0 Å². The molecule has 0 saturated carbocycles. The van der Waals surface area contributed by atoms with Crippen molar-refractivity contribution in [1.29, 1.82) is 0 Å². The molecule has 0 unspecified atom stereocenters. The molecular formula is C18H18ClN3O3S. The fourth-order valence-electron chi connectivity index (χ4n) is 1.99. The van der Waals surface area contributed by atoms with Gasteiger partial charge in [0.05, 0.1) is 0 Å². The Kier molecular flexibility index (Phi) is 6.94. The number of thiocarbonyl (C=S) groups is 1. The number of benzene rings is 2. The van der Waals surface area contributed by atoms with E-state index >= 15 is 0 Å². The Bertz CT molecular complexity index is 825. The molecule has 0 fully saturated rings. The Balaban J connectivity index is 1.76. The van der Waals surface area contributed by atoms with Crippen LogP contribution < -0.4 is 20.9 Å². The molecule has 0 spiro atoms. The van der Waals surface area contributed by atoms with Crippen LogP contribution in [0.5, 0.6) is 5.75 Å². The molecule has 0 aliphatic rings. The zero-order valence-corrected chi connectivity index (χ0v) is 15.8. The van der Waals surface area contributed by atoms with Gasteiger partial charge in [-0.15, -0.1) is 0 Å². The molecule has 0 heterocycles. The van der Waals surface area contributed by atoms with E-state index in [2.05, 4.69) is 16.2 Å². The average Bonchev–Trinajstić information content (AvgIpc) is 2.61. The highest BCUT2D eigenvalue weighted by Gasteiger charge is 2.09. The molecule has 3 N–H and O–H groups in total. The van der Waals surface area contributed by atoms with Crippen LogP contribution in [-0.2, 0) is 4.79 Å². The standard InChI is InChI=1S/C18H18ClN3O3S/c1-11-3-4-12(2)15(9-11)25-10-16(23)20-18(26)22-21-17(24)13-5-7-14(19)8-6-13/h3-9H,10H2,1-2H3,(H,21,24)(H2,20,22,23,26). The van der Waals surface area contributed by atoms with Gasteiger partial charge in [0.2, 0.25) is 0 Å². The number of hydrogen-bond acceptors (Lipinski definition) is 4. The van der Waals surface area contributed by atoms with Gasteiger partial charge in [-0.1, -0.05) is 23.7 Å². The summed E-state index contributed by atoms with van der Waals surface area (Å²) in [4.78, 5) is 23.8. The quantitative estimate of drug-likeness (QED) is 0.551. The molecule has 8 heteroatoms. The van der Waals surface area contributed by atoms with E-state index in [9.17, 15) is 9.59 Å². The van der Waals surface area contributed by atoms with Crippen LogP contribution in [0.3, 0.4) is 0 Å². The first-order valence-corrected chi connectivity index (χ1v) is 8.49. The normalized spacial score (nSPS) is 9.96. The molecule has 0 saturated heterocycles. The predicted octanol–water partition coefficient (Wildman–Crippen LogP) is 2.67. The van der Waals surface area contributed by atoms with Crippen LogP contribution in [-0.4, -0.2) is 23.5 Å². The Morgan fingerprint density at radius 3 is 2.46 bits per heavy atom. The second-order valence-corrected chi connectivity index (χ2v) is 6.37. The van der Waals surface area contributed by atoms with Crippen LogP contribution >= 0.6 is 23.8 Å². The average molecular weight is 392 g/mol. The highest BCUT2D eigenvalue weighted by Crippen LogP contribution is 2.18. The van der Waals surface area contributed by atoms with Crippen LogP contribution in [0.2, 0.25) is 5.02 Å². The van der Waals surface area contributed by atoms with E-state index in [-0.39, 0.29) is 11.7 Å². The van der Waals surface area contributed by atoms with Crippen molar-refractivity contribution < 1.29 is 14.3 Å². The van der Waals surface area contributed by atoms with Gasteiger partial charge in [0.25, 0.3) is 11.8 Å². The maximum atomic E-state index is 11.9. The summed E-state index contributed by atoms with van der Waals surface area (Å²) in [5.41, 5.74) is 7.20. The van der Waals surface area contributed by atoms with Crippen molar-refractivity contribution in [3.8, 4) is 5.75 Å². The first-order chi connectivity index (χ1) is 12.3. The molecule has 2 aromatic rings. The molecule has 136 valence electrons. The summed E-state index contributed by atoms with van der Waals surface area (Å²) >= 11 is 10.7. The lowest BCUT2D eigenvalue weighted by Gasteiger charge is -2.12. The fraction of sp³-hybridized carbons (Fsp3) is 0.167. The van der Waals surface area contributed by atoms with Gasteiger partial charge >= 0.3 is 0 Å². The van der Waals surface area contributed by atoms with Crippen molar-refractivity contribution in [3.05, 3.63) is 64.2 Å². The zero-order chi connectivity index (χ0) is 19.1. The minimum atomic E-state index is -0.441. The Labute approximate surface area is 161 Å². The summed E-state index contributed by atoms with van der Waals surface area (Å²) in [6.45, 7) is 3.64. The lowest BCUT2D eigenvalue weighted by atomic mass is 10.1. The van der Waals surface area contributed by atoms with E-state index in [0.29, 0.717) is 16.3 Å². The fourth-order valence-corrected chi connectivity index (χ4v) is 2.28. The summed E-state index contributed by atoms with van der Waals surface area (Å²) in [7, 11) is 0. The van der Waals surface area contributed by atoms with Crippen LogP contribution in [0.25, 0.3) is 0 Å². The molecule has 0 bridgehead atoms. The van der Waals surface area contributed by atoms with E-state index in [1.54, 1.807) is 24.3 Å². The Hall–Kier alpha value is -2.64. The SMILES string of the molecule is Cc1ccc(C)c(OCC(=O)NC(=S)NNC(=O)c2ccc(Cl)cc2)c1. The zero-order valence-electron chi connectivity index (χ0n) is 14.3. The Morgan fingerprint density at radius 2 is 1.77 bits per heavy atom. The molecule has 2 aromatic carbocycles. The molecule has 0 aliphatic heterocycles. The molecule has 26 heavy (non-hydrogen) atoms. The number of hydrogen-bond donors (Lipinski definition) is 3. The number of nitrogens with one attached hydrogen (secondary N) is 3. The Morgan fingerprint density at radius 1 is 1.08 bits per heavy atom. The third-order valence-electron chi connectivity index (χ3n) is 3.35. The molecular weight excluding hydrogens is 374 g/mol. The molecule has 2 rings (SSSR count). The first-order valence-electron chi connectivity index (χ1n) is 7.71. The van der Waals surface area contributed by atoms with Crippen molar-refractivity contribution in [2.75, 3.05) is 6.61 Å². The van der Waals surface area contributed by atoms with Crippen LogP contribution in [0.1, 0.15) is 21.5 Å². The molecule has 0 radical (unpaired) electrons. The summed E-state index contributed by atoms with van der Waals surface area (Å²) in [6, 6.07) is 12.1. The van der Waals surface area contributed by atoms with Gasteiger partial charge in [-0.25, -0.2) is 0 Å². The number of carbonyl (C=O) groups excluding carboxylic acids is 2. The van der Waals surface area contributed by atoms with Crippen molar-refractivity contribution in [2.45, 2.75) is 13.8 Å². The van der Waals surface area contributed by atoms with Gasteiger partial charge in [0.1, 0.15) is 5.75 Å². The highest BCUT2D eigenvalue weighted by atomic mass is 35.5. The molecule has 6 nitrogen and oxygen atoms in total. The van der Waals surface area contributed by atoms with Crippen LogP contribution in [0.4, 0.5) is 0 Å². The number of halogens is 1. The van der Waals surface area contributed by atoms with E-state index < -0.39 is 11.8 Å². The number of rotatable bonds is 4. The minimum absolute atomic E-state index is 0.0399. The van der Waals surface area contributed by atoms with Crippen molar-refractivity contribution in [2.24, 2.45) is 0 Å². The van der Waals surface area contributed by atoms with E-state index in [4.69, 9.17) is 28.6 Å².